The van der Waals surface area contributed by atoms with Crippen LogP contribution in [0.2, 0.25) is 10.0 Å². The number of benzene rings is 2. The topological polar surface area (TPSA) is 62.5 Å². The summed E-state index contributed by atoms with van der Waals surface area (Å²) in [7, 11) is 0. The van der Waals surface area contributed by atoms with Gasteiger partial charge >= 0.3 is 0 Å². The van der Waals surface area contributed by atoms with Crippen LogP contribution in [-0.2, 0) is 6.54 Å². The van der Waals surface area contributed by atoms with Crippen molar-refractivity contribution in [2.75, 3.05) is 26.2 Å². The van der Waals surface area contributed by atoms with Crippen LogP contribution in [0, 0.1) is 6.92 Å². The summed E-state index contributed by atoms with van der Waals surface area (Å²) in [6.07, 6.45) is 0. The second kappa shape index (κ2) is 8.53. The molecular formula is C21H20Cl2N4O2. The molecule has 29 heavy (non-hydrogen) atoms. The van der Waals surface area contributed by atoms with Gasteiger partial charge in [-0.05, 0) is 25.1 Å². The van der Waals surface area contributed by atoms with Gasteiger partial charge in [-0.2, -0.15) is 4.98 Å². The molecule has 8 heteroatoms. The lowest BCUT2D eigenvalue weighted by molar-refractivity contribution is 0.0615. The van der Waals surface area contributed by atoms with Gasteiger partial charge in [-0.25, -0.2) is 0 Å². The summed E-state index contributed by atoms with van der Waals surface area (Å²) in [5.74, 6) is 1.10. The van der Waals surface area contributed by atoms with Crippen molar-refractivity contribution in [2.45, 2.75) is 13.5 Å². The quantitative estimate of drug-likeness (QED) is 0.616. The number of rotatable bonds is 4. The van der Waals surface area contributed by atoms with Crippen molar-refractivity contribution >= 4 is 29.1 Å². The van der Waals surface area contributed by atoms with E-state index in [1.807, 2.05) is 36.1 Å². The maximum absolute atomic E-state index is 12.7. The Bertz CT molecular complexity index is 992. The molecule has 2 aromatic carbocycles. The predicted octanol–water partition coefficient (Wildman–Crippen LogP) is 4.31. The fourth-order valence-electron chi connectivity index (χ4n) is 3.30. The average molecular weight is 431 g/mol. The molecule has 1 amide bonds. The monoisotopic (exact) mass is 430 g/mol. The first-order valence-corrected chi connectivity index (χ1v) is 10.1. The van der Waals surface area contributed by atoms with Crippen LogP contribution in [0.1, 0.15) is 21.8 Å². The average Bonchev–Trinajstić information content (AvgIpc) is 3.16. The van der Waals surface area contributed by atoms with Crippen LogP contribution in [0.3, 0.4) is 0 Å². The normalized spacial score (nSPS) is 14.9. The van der Waals surface area contributed by atoms with Crippen LogP contribution in [0.5, 0.6) is 0 Å². The van der Waals surface area contributed by atoms with Crippen LogP contribution < -0.4 is 0 Å². The Morgan fingerprint density at radius 3 is 2.34 bits per heavy atom. The highest BCUT2D eigenvalue weighted by Gasteiger charge is 2.24. The number of halogens is 2. The first-order valence-electron chi connectivity index (χ1n) is 9.35. The van der Waals surface area contributed by atoms with E-state index in [1.54, 1.807) is 18.2 Å². The molecule has 0 N–H and O–H groups in total. The number of hydrogen-bond acceptors (Lipinski definition) is 5. The molecule has 2 heterocycles. The second-order valence-electron chi connectivity index (χ2n) is 7.10. The summed E-state index contributed by atoms with van der Waals surface area (Å²) in [5.41, 5.74) is 2.63. The van der Waals surface area contributed by atoms with Crippen molar-refractivity contribution in [3.05, 3.63) is 69.5 Å². The third-order valence-electron chi connectivity index (χ3n) is 4.91. The van der Waals surface area contributed by atoms with Crippen molar-refractivity contribution in [1.82, 2.24) is 19.9 Å². The Hall–Kier alpha value is -2.41. The number of aryl methyl sites for hydroxylation is 1. The standard InChI is InChI=1S/C21H20Cl2N4O2/c1-14-2-4-15(5-3-14)20-24-19(29-25-20)13-26-6-8-27(9-7-26)21(28)16-10-17(22)12-18(23)11-16/h2-5,10-12H,6-9,13H2,1H3. The maximum Gasteiger partial charge on any atom is 0.254 e. The Morgan fingerprint density at radius 2 is 1.69 bits per heavy atom. The van der Waals surface area contributed by atoms with Crippen LogP contribution in [0.25, 0.3) is 11.4 Å². The van der Waals surface area contributed by atoms with E-state index in [0.717, 1.165) is 18.7 Å². The minimum absolute atomic E-state index is 0.0616. The van der Waals surface area contributed by atoms with Gasteiger partial charge in [0.05, 0.1) is 6.54 Å². The molecule has 0 saturated carbocycles. The van der Waals surface area contributed by atoms with Gasteiger partial charge in [0.1, 0.15) is 0 Å². The summed E-state index contributed by atoms with van der Waals surface area (Å²) in [5, 5.41) is 5.00. The smallest absolute Gasteiger partial charge is 0.254 e. The number of carbonyl (C=O) groups is 1. The van der Waals surface area contributed by atoms with Crippen molar-refractivity contribution < 1.29 is 9.32 Å². The van der Waals surface area contributed by atoms with Crippen molar-refractivity contribution in [1.29, 1.82) is 0 Å². The highest BCUT2D eigenvalue weighted by atomic mass is 35.5. The number of nitrogens with zero attached hydrogens (tertiary/aromatic N) is 4. The van der Waals surface area contributed by atoms with Crippen molar-refractivity contribution in [3.63, 3.8) is 0 Å². The SMILES string of the molecule is Cc1ccc(-c2noc(CN3CCN(C(=O)c4cc(Cl)cc(Cl)c4)CC3)n2)cc1. The van der Waals surface area contributed by atoms with Crippen molar-refractivity contribution in [3.8, 4) is 11.4 Å². The molecule has 0 unspecified atom stereocenters. The molecule has 1 aromatic heterocycles. The molecule has 4 rings (SSSR count). The molecule has 0 spiro atoms. The Morgan fingerprint density at radius 1 is 1.03 bits per heavy atom. The number of carbonyl (C=O) groups excluding carboxylic acids is 1. The molecule has 0 aliphatic carbocycles. The van der Waals surface area contributed by atoms with Crippen LogP contribution in [0.15, 0.2) is 47.0 Å². The van der Waals surface area contributed by atoms with Gasteiger partial charge in [-0.3, -0.25) is 9.69 Å². The number of hydrogen-bond donors (Lipinski definition) is 0. The van der Waals surface area contributed by atoms with Gasteiger partial charge < -0.3 is 9.42 Å². The number of piperazine rings is 1. The highest BCUT2D eigenvalue weighted by molar-refractivity contribution is 6.35. The molecular weight excluding hydrogens is 411 g/mol. The lowest BCUT2D eigenvalue weighted by Crippen LogP contribution is -2.48. The lowest BCUT2D eigenvalue weighted by atomic mass is 10.1. The Labute approximate surface area is 179 Å². The van der Waals surface area contributed by atoms with Gasteiger partial charge in [0.2, 0.25) is 11.7 Å². The molecule has 1 fully saturated rings. The Kier molecular flexibility index (Phi) is 5.85. The summed E-state index contributed by atoms with van der Waals surface area (Å²) in [6.45, 7) is 5.27. The zero-order valence-corrected chi connectivity index (χ0v) is 17.5. The van der Waals surface area contributed by atoms with Gasteiger partial charge in [-0.1, -0.05) is 58.2 Å². The fourth-order valence-corrected chi connectivity index (χ4v) is 3.83. The van der Waals surface area contributed by atoms with E-state index < -0.39 is 0 Å². The molecule has 0 bridgehead atoms. The summed E-state index contributed by atoms with van der Waals surface area (Å²) in [6, 6.07) is 12.9. The minimum Gasteiger partial charge on any atom is -0.338 e. The molecule has 0 atom stereocenters. The predicted molar refractivity (Wildman–Crippen MR) is 112 cm³/mol. The highest BCUT2D eigenvalue weighted by Crippen LogP contribution is 2.21. The van der Waals surface area contributed by atoms with Crippen LogP contribution in [-0.4, -0.2) is 52.0 Å². The van der Waals surface area contributed by atoms with Crippen molar-refractivity contribution in [2.24, 2.45) is 0 Å². The Balaban J connectivity index is 1.34. The molecule has 6 nitrogen and oxygen atoms in total. The molecule has 1 aliphatic rings. The molecule has 3 aromatic rings. The molecule has 1 aliphatic heterocycles. The van der Waals surface area contributed by atoms with E-state index in [0.29, 0.717) is 47.0 Å². The lowest BCUT2D eigenvalue weighted by Gasteiger charge is -2.34. The van der Waals surface area contributed by atoms with Crippen LogP contribution in [0.4, 0.5) is 0 Å². The van der Waals surface area contributed by atoms with Gasteiger partial charge in [0, 0.05) is 47.4 Å². The fraction of sp³-hybridized carbons (Fsp3) is 0.286. The zero-order chi connectivity index (χ0) is 20.4. The largest absolute Gasteiger partial charge is 0.338 e. The van der Waals surface area contributed by atoms with E-state index in [1.165, 1.54) is 5.56 Å². The van der Waals surface area contributed by atoms with Gasteiger partial charge in [0.15, 0.2) is 0 Å². The summed E-state index contributed by atoms with van der Waals surface area (Å²) >= 11 is 12.0. The van der Waals surface area contributed by atoms with Gasteiger partial charge in [-0.15, -0.1) is 0 Å². The summed E-state index contributed by atoms with van der Waals surface area (Å²) in [4.78, 5) is 21.2. The zero-order valence-electron chi connectivity index (χ0n) is 15.9. The molecule has 150 valence electrons. The van der Waals surface area contributed by atoms with E-state index in [2.05, 4.69) is 15.0 Å². The summed E-state index contributed by atoms with van der Waals surface area (Å²) < 4.78 is 5.41. The third-order valence-corrected chi connectivity index (χ3v) is 5.34. The minimum atomic E-state index is -0.0616. The number of amides is 1. The van der Waals surface area contributed by atoms with E-state index >= 15 is 0 Å². The van der Waals surface area contributed by atoms with Crippen LogP contribution >= 0.6 is 23.2 Å². The maximum atomic E-state index is 12.7. The molecule has 1 saturated heterocycles. The number of aromatic nitrogens is 2. The molecule has 0 radical (unpaired) electrons. The van der Waals surface area contributed by atoms with Gasteiger partial charge in [0.25, 0.3) is 5.91 Å². The van der Waals surface area contributed by atoms with E-state index in [4.69, 9.17) is 27.7 Å². The van der Waals surface area contributed by atoms with E-state index in [-0.39, 0.29) is 5.91 Å². The first kappa shape index (κ1) is 19.9. The second-order valence-corrected chi connectivity index (χ2v) is 7.98. The third kappa shape index (κ3) is 4.78. The van der Waals surface area contributed by atoms with E-state index in [9.17, 15) is 4.79 Å². The first-order chi connectivity index (χ1) is 14.0.